The number of hydrogen-bond donors (Lipinski definition) is 1. The molecule has 112 valence electrons. The number of aliphatic carboxylic acids is 2. The fraction of sp³-hybridized carbons (Fsp3) is 0.857. The van der Waals surface area contributed by atoms with Crippen molar-refractivity contribution in [3.8, 4) is 0 Å². The van der Waals surface area contributed by atoms with Crippen LogP contribution in [0.4, 0.5) is 0 Å². The molecule has 0 saturated heterocycles. The third-order valence-corrected chi connectivity index (χ3v) is 3.34. The van der Waals surface area contributed by atoms with Crippen molar-refractivity contribution in [1.29, 1.82) is 0 Å². The number of unbranched alkanes of at least 4 members (excludes halogenated alkanes) is 1. The molecule has 0 spiro atoms. The molecular weight excluding hydrogens is 288 g/mol. The van der Waals surface area contributed by atoms with Crippen molar-refractivity contribution in [2.45, 2.75) is 53.4 Å². The van der Waals surface area contributed by atoms with E-state index in [9.17, 15) is 14.7 Å². The van der Waals surface area contributed by atoms with Crippen molar-refractivity contribution in [1.82, 2.24) is 0 Å². The summed E-state index contributed by atoms with van der Waals surface area (Å²) in [6.07, 6.45) is 2.58. The van der Waals surface area contributed by atoms with Crippen LogP contribution >= 0.6 is 0 Å². The Balaban J connectivity index is 0. The maximum Gasteiger partial charge on any atom is 2.00 e. The predicted molar refractivity (Wildman–Crippen MR) is 75.2 cm³/mol. The van der Waals surface area contributed by atoms with Gasteiger partial charge in [-0.15, -0.1) is 0 Å². The van der Waals surface area contributed by atoms with Gasteiger partial charge in [-0.1, -0.05) is 20.3 Å². The Labute approximate surface area is 151 Å². The van der Waals surface area contributed by atoms with Gasteiger partial charge in [-0.25, -0.2) is 0 Å². The summed E-state index contributed by atoms with van der Waals surface area (Å²) in [4.78, 5) is 21.6. The molecular formula is C14H25CaO5+. The standard InChI is InChI=1S/C14H26O5.Ca/c1-13(2,11(15)16)7-5-6-9-19-10-8-14(3,4)12(17)18;/h5-10H2,1-4H3,(H,15,16)(H,17,18);/q;+2/p-1. The Hall–Kier alpha value is 0.160. The monoisotopic (exact) mass is 313 g/mol. The molecule has 6 heteroatoms. The normalized spacial score (nSPS) is 11.8. The molecule has 5 nitrogen and oxygen atoms in total. The van der Waals surface area contributed by atoms with Crippen molar-refractivity contribution < 1.29 is 24.5 Å². The molecule has 0 rings (SSSR count). The molecule has 0 aromatic rings. The number of ether oxygens (including phenoxy) is 1. The minimum absolute atomic E-state index is 0. The summed E-state index contributed by atoms with van der Waals surface area (Å²) in [5.74, 6) is -1.86. The largest absolute Gasteiger partial charge is 2.00 e. The minimum atomic E-state index is -1.07. The third kappa shape index (κ3) is 9.16. The Morgan fingerprint density at radius 1 is 1.00 bits per heavy atom. The molecule has 0 aliphatic carbocycles. The number of carbonyl (C=O) groups is 2. The van der Waals surface area contributed by atoms with Crippen LogP contribution in [0.1, 0.15) is 53.4 Å². The topological polar surface area (TPSA) is 86.7 Å². The fourth-order valence-electron chi connectivity index (χ4n) is 1.41. The number of carbonyl (C=O) groups excluding carboxylic acids is 1. The SMILES string of the molecule is CC(C)(CCOCCCCC(C)(C)C(=O)O)C(=O)[O-].[Ca+2]. The summed E-state index contributed by atoms with van der Waals surface area (Å²) in [7, 11) is 0. The summed E-state index contributed by atoms with van der Waals surface area (Å²) >= 11 is 0. The second-order valence-corrected chi connectivity index (χ2v) is 6.18. The van der Waals surface area contributed by atoms with Crippen molar-refractivity contribution >= 4 is 49.7 Å². The van der Waals surface area contributed by atoms with Gasteiger partial charge >= 0.3 is 43.7 Å². The van der Waals surface area contributed by atoms with Gasteiger partial charge in [0.15, 0.2) is 0 Å². The number of carboxylic acids is 2. The minimum Gasteiger partial charge on any atom is -0.550 e. The van der Waals surface area contributed by atoms with Crippen LogP contribution in [0.15, 0.2) is 0 Å². The van der Waals surface area contributed by atoms with E-state index in [0.29, 0.717) is 26.1 Å². The van der Waals surface area contributed by atoms with Gasteiger partial charge in [0.25, 0.3) is 0 Å². The van der Waals surface area contributed by atoms with E-state index in [1.54, 1.807) is 27.7 Å². The van der Waals surface area contributed by atoms with Gasteiger partial charge < -0.3 is 19.7 Å². The van der Waals surface area contributed by atoms with Crippen molar-refractivity contribution in [3.63, 3.8) is 0 Å². The zero-order chi connectivity index (χ0) is 15.1. The van der Waals surface area contributed by atoms with Crippen molar-refractivity contribution in [3.05, 3.63) is 0 Å². The first-order valence-electron chi connectivity index (χ1n) is 6.62. The molecule has 0 atom stereocenters. The van der Waals surface area contributed by atoms with Crippen LogP contribution in [0.5, 0.6) is 0 Å². The van der Waals surface area contributed by atoms with Gasteiger partial charge in [-0.3, -0.25) is 4.79 Å². The molecule has 20 heavy (non-hydrogen) atoms. The van der Waals surface area contributed by atoms with Crippen LogP contribution < -0.4 is 5.11 Å². The Morgan fingerprint density at radius 3 is 2.00 bits per heavy atom. The van der Waals surface area contributed by atoms with E-state index >= 15 is 0 Å². The quantitative estimate of drug-likeness (QED) is 0.481. The first-order chi connectivity index (χ1) is 8.59. The first kappa shape index (κ1) is 22.4. The molecule has 1 N–H and O–H groups in total. The number of carboxylic acid groups (broad SMARTS) is 2. The summed E-state index contributed by atoms with van der Waals surface area (Å²) in [5.41, 5.74) is -1.57. The first-order valence-corrected chi connectivity index (χ1v) is 6.62. The molecule has 0 heterocycles. The Bertz CT molecular complexity index is 283. The average Bonchev–Trinajstić information content (AvgIpc) is 2.27. The zero-order valence-corrected chi connectivity index (χ0v) is 15.2. The number of rotatable bonds is 10. The van der Waals surface area contributed by atoms with Gasteiger partial charge in [0.2, 0.25) is 0 Å². The van der Waals surface area contributed by atoms with Crippen LogP contribution in [-0.2, 0) is 14.3 Å². The van der Waals surface area contributed by atoms with E-state index in [-0.39, 0.29) is 37.7 Å². The molecule has 0 fully saturated rings. The molecule has 0 radical (unpaired) electrons. The van der Waals surface area contributed by atoms with Gasteiger partial charge in [0.05, 0.1) is 5.41 Å². The van der Waals surface area contributed by atoms with Crippen molar-refractivity contribution in [2.75, 3.05) is 13.2 Å². The summed E-state index contributed by atoms with van der Waals surface area (Å²) in [5, 5.41) is 19.7. The third-order valence-electron chi connectivity index (χ3n) is 3.34. The van der Waals surface area contributed by atoms with E-state index in [1.807, 2.05) is 0 Å². The smallest absolute Gasteiger partial charge is 0.550 e. The second-order valence-electron chi connectivity index (χ2n) is 6.18. The predicted octanol–water partition coefficient (Wildman–Crippen LogP) is 1.07. The second kappa shape index (κ2) is 9.98. The molecule has 0 bridgehead atoms. The molecule has 0 saturated carbocycles. The summed E-state index contributed by atoms with van der Waals surface area (Å²) in [6.45, 7) is 7.54. The Kier molecular flexibility index (Phi) is 11.2. The molecule has 0 aliphatic heterocycles. The number of hydrogen-bond acceptors (Lipinski definition) is 4. The molecule has 0 unspecified atom stereocenters. The van der Waals surface area contributed by atoms with E-state index in [1.165, 1.54) is 0 Å². The maximum absolute atomic E-state index is 10.9. The van der Waals surface area contributed by atoms with E-state index < -0.39 is 22.8 Å². The summed E-state index contributed by atoms with van der Waals surface area (Å²) in [6, 6.07) is 0. The van der Waals surface area contributed by atoms with Crippen LogP contribution in [0.25, 0.3) is 0 Å². The van der Waals surface area contributed by atoms with Crippen LogP contribution in [0, 0.1) is 10.8 Å². The van der Waals surface area contributed by atoms with E-state index in [4.69, 9.17) is 9.84 Å². The van der Waals surface area contributed by atoms with Crippen LogP contribution in [-0.4, -0.2) is 68.0 Å². The molecule has 0 aromatic heterocycles. The molecule has 0 amide bonds. The average molecular weight is 313 g/mol. The van der Waals surface area contributed by atoms with Crippen LogP contribution in [0.3, 0.4) is 0 Å². The van der Waals surface area contributed by atoms with Gasteiger partial charge in [-0.2, -0.15) is 0 Å². The van der Waals surface area contributed by atoms with E-state index in [2.05, 4.69) is 0 Å². The molecule has 0 aliphatic rings. The molecule has 0 aromatic carbocycles. The van der Waals surface area contributed by atoms with E-state index in [0.717, 1.165) is 12.8 Å². The van der Waals surface area contributed by atoms with Crippen LogP contribution in [0.2, 0.25) is 0 Å². The Morgan fingerprint density at radius 2 is 1.55 bits per heavy atom. The van der Waals surface area contributed by atoms with Crippen molar-refractivity contribution in [2.24, 2.45) is 10.8 Å². The van der Waals surface area contributed by atoms with Gasteiger partial charge in [0.1, 0.15) is 0 Å². The zero-order valence-electron chi connectivity index (χ0n) is 13.0. The maximum atomic E-state index is 10.9. The fourth-order valence-corrected chi connectivity index (χ4v) is 1.41. The summed E-state index contributed by atoms with van der Waals surface area (Å²) < 4.78 is 5.36. The van der Waals surface area contributed by atoms with Gasteiger partial charge in [-0.05, 0) is 33.1 Å². The van der Waals surface area contributed by atoms with Gasteiger partial charge in [0, 0.05) is 24.6 Å².